The van der Waals surface area contributed by atoms with Gasteiger partial charge in [-0.15, -0.1) is 0 Å². The quantitative estimate of drug-likeness (QED) is 0.547. The van der Waals surface area contributed by atoms with Crippen LogP contribution in [0.25, 0.3) is 10.9 Å². The number of nitrogens with zero attached hydrogens (tertiary/aromatic N) is 2. The fourth-order valence-electron chi connectivity index (χ4n) is 1.82. The zero-order valence-corrected chi connectivity index (χ0v) is 11.1. The van der Waals surface area contributed by atoms with Crippen molar-refractivity contribution in [3.05, 3.63) is 64.8 Å². The Hall–Kier alpha value is -2.47. The summed E-state index contributed by atoms with van der Waals surface area (Å²) < 4.78 is 0. The van der Waals surface area contributed by atoms with Crippen molar-refractivity contribution in [2.45, 2.75) is 10.1 Å². The van der Waals surface area contributed by atoms with Crippen LogP contribution >= 0.6 is 11.8 Å². The van der Waals surface area contributed by atoms with Crippen LogP contribution in [0.4, 0.5) is 5.69 Å². The molecule has 0 unspecified atom stereocenters. The summed E-state index contributed by atoms with van der Waals surface area (Å²) in [6, 6.07) is 14.7. The molecule has 0 saturated carbocycles. The van der Waals surface area contributed by atoms with Gasteiger partial charge in [0.1, 0.15) is 5.03 Å². The van der Waals surface area contributed by atoms with Crippen LogP contribution in [0.15, 0.2) is 64.8 Å². The first kappa shape index (κ1) is 12.6. The molecule has 5 nitrogen and oxygen atoms in total. The Morgan fingerprint density at radius 3 is 2.85 bits per heavy atom. The van der Waals surface area contributed by atoms with E-state index < -0.39 is 4.92 Å². The Morgan fingerprint density at radius 2 is 2.00 bits per heavy atom. The molecule has 0 aliphatic carbocycles. The van der Waals surface area contributed by atoms with Crippen LogP contribution in [0.3, 0.4) is 0 Å². The number of H-pyrrole nitrogens is 1. The predicted molar refractivity (Wildman–Crippen MR) is 75.5 cm³/mol. The highest BCUT2D eigenvalue weighted by molar-refractivity contribution is 7.99. The number of hydrogen-bond acceptors (Lipinski definition) is 4. The molecule has 0 fully saturated rings. The second-order valence-electron chi connectivity index (χ2n) is 4.11. The van der Waals surface area contributed by atoms with Crippen LogP contribution in [0.5, 0.6) is 0 Å². The molecule has 0 aliphatic rings. The van der Waals surface area contributed by atoms with Gasteiger partial charge in [0, 0.05) is 5.39 Å². The summed E-state index contributed by atoms with van der Waals surface area (Å²) in [7, 11) is 0. The summed E-state index contributed by atoms with van der Waals surface area (Å²) in [6.07, 6.45) is 1.56. The van der Waals surface area contributed by atoms with Gasteiger partial charge in [0.15, 0.2) is 6.20 Å². The minimum atomic E-state index is -0.411. The van der Waals surface area contributed by atoms with Crippen LogP contribution in [-0.2, 0) is 0 Å². The van der Waals surface area contributed by atoms with Gasteiger partial charge in [0.2, 0.25) is 0 Å². The Bertz CT molecular complexity index is 792. The minimum Gasteiger partial charge on any atom is -0.258 e. The van der Waals surface area contributed by atoms with Gasteiger partial charge >= 0.3 is 0 Å². The maximum absolute atomic E-state index is 10.7. The smallest absolute Gasteiger partial charge is 0.258 e. The third kappa shape index (κ3) is 2.60. The largest absolute Gasteiger partial charge is 0.282 e. The number of fused-ring (bicyclic) bond motifs is 1. The van der Waals surface area contributed by atoms with Crippen molar-refractivity contribution < 1.29 is 9.91 Å². The molecule has 6 heteroatoms. The van der Waals surface area contributed by atoms with Crippen LogP contribution in [-0.4, -0.2) is 9.91 Å². The van der Waals surface area contributed by atoms with Crippen LogP contribution in [0.1, 0.15) is 0 Å². The number of benzene rings is 1. The molecule has 0 atom stereocenters. The molecule has 20 heavy (non-hydrogen) atoms. The number of aromatic amines is 1. The van der Waals surface area contributed by atoms with Crippen LogP contribution in [0, 0.1) is 10.1 Å². The van der Waals surface area contributed by atoms with E-state index >= 15 is 0 Å². The summed E-state index contributed by atoms with van der Waals surface area (Å²) in [4.78, 5) is 17.8. The Kier molecular flexibility index (Phi) is 3.30. The maximum Gasteiger partial charge on any atom is 0.282 e. The molecule has 0 bridgehead atoms. The second-order valence-corrected chi connectivity index (χ2v) is 5.17. The van der Waals surface area contributed by atoms with Crippen molar-refractivity contribution >= 4 is 28.4 Å². The number of nitrogens with one attached hydrogen (secondary N) is 1. The molecule has 3 rings (SSSR count). The van der Waals surface area contributed by atoms with Crippen molar-refractivity contribution in [1.82, 2.24) is 4.98 Å². The lowest BCUT2D eigenvalue weighted by Gasteiger charge is -1.99. The Morgan fingerprint density at radius 1 is 1.15 bits per heavy atom. The lowest BCUT2D eigenvalue weighted by atomic mass is 10.2. The molecule has 2 heterocycles. The molecule has 0 saturated heterocycles. The fraction of sp³-hybridized carbons (Fsp3) is 0. The molecule has 1 N–H and O–H groups in total. The van der Waals surface area contributed by atoms with Crippen LogP contribution in [0.2, 0.25) is 0 Å². The standard InChI is InChI=1S/C14H9N3O2S/c18-17(19)11-7-8-15-14(9-11)20-13-6-5-10-3-1-2-4-12(10)16-13/h1-9H/p+1. The SMILES string of the molecule is O=[N+]([O-])c1cc[nH+]c(Sc2ccc3ccccc3n2)c1. The topological polar surface area (TPSA) is 70.2 Å². The highest BCUT2D eigenvalue weighted by Gasteiger charge is 2.13. The molecule has 98 valence electrons. The van der Waals surface area contributed by atoms with Gasteiger partial charge in [-0.2, -0.15) is 0 Å². The van der Waals surface area contributed by atoms with E-state index in [1.54, 1.807) is 6.20 Å². The number of nitro groups is 1. The summed E-state index contributed by atoms with van der Waals surface area (Å²) in [5.74, 6) is 0. The molecule has 0 spiro atoms. The van der Waals surface area contributed by atoms with E-state index in [4.69, 9.17) is 0 Å². The normalized spacial score (nSPS) is 10.6. The molecule has 0 radical (unpaired) electrons. The van der Waals surface area contributed by atoms with Crippen LogP contribution < -0.4 is 4.98 Å². The van der Waals surface area contributed by atoms with Crippen molar-refractivity contribution in [2.24, 2.45) is 0 Å². The van der Waals surface area contributed by atoms with Gasteiger partial charge in [-0.3, -0.25) is 10.1 Å². The summed E-state index contributed by atoms with van der Waals surface area (Å²) in [6.45, 7) is 0. The summed E-state index contributed by atoms with van der Waals surface area (Å²) in [5.41, 5.74) is 0.968. The molecule has 2 aromatic heterocycles. The van der Waals surface area contributed by atoms with Gasteiger partial charge in [0.25, 0.3) is 10.7 Å². The molecule has 0 aliphatic heterocycles. The van der Waals surface area contributed by atoms with E-state index in [9.17, 15) is 10.1 Å². The Balaban J connectivity index is 1.92. The van der Waals surface area contributed by atoms with Gasteiger partial charge in [-0.1, -0.05) is 24.3 Å². The third-order valence-electron chi connectivity index (χ3n) is 2.76. The van der Waals surface area contributed by atoms with Gasteiger partial charge < -0.3 is 0 Å². The zero-order valence-electron chi connectivity index (χ0n) is 10.3. The molecule has 1 aromatic carbocycles. The first-order chi connectivity index (χ1) is 9.72. The molecule has 3 aromatic rings. The average Bonchev–Trinajstić information content (AvgIpc) is 2.47. The van der Waals surface area contributed by atoms with Crippen molar-refractivity contribution in [3.63, 3.8) is 0 Å². The van der Waals surface area contributed by atoms with Crippen molar-refractivity contribution in [2.75, 3.05) is 0 Å². The number of rotatable bonds is 3. The van der Waals surface area contributed by atoms with E-state index in [0.717, 1.165) is 15.9 Å². The van der Waals surface area contributed by atoms with E-state index in [-0.39, 0.29) is 5.69 Å². The third-order valence-corrected chi connectivity index (χ3v) is 3.65. The minimum absolute atomic E-state index is 0.0621. The van der Waals surface area contributed by atoms with E-state index in [2.05, 4.69) is 9.97 Å². The average molecular weight is 284 g/mol. The summed E-state index contributed by atoms with van der Waals surface area (Å²) in [5, 5.41) is 13.3. The second kappa shape index (κ2) is 5.26. The molecular formula is C14H10N3O2S+. The lowest BCUT2D eigenvalue weighted by molar-refractivity contribution is -0.433. The summed E-state index contributed by atoms with van der Waals surface area (Å²) >= 11 is 1.36. The molecule has 0 amide bonds. The monoisotopic (exact) mass is 284 g/mol. The first-order valence-electron chi connectivity index (χ1n) is 5.92. The number of pyridine rings is 2. The predicted octanol–water partition coefficient (Wildman–Crippen LogP) is 3.11. The molecular weight excluding hydrogens is 274 g/mol. The number of aromatic nitrogens is 2. The van der Waals surface area contributed by atoms with E-state index in [1.165, 1.54) is 23.9 Å². The maximum atomic E-state index is 10.7. The number of hydrogen-bond donors (Lipinski definition) is 0. The highest BCUT2D eigenvalue weighted by Crippen LogP contribution is 2.26. The van der Waals surface area contributed by atoms with Crippen molar-refractivity contribution in [3.8, 4) is 0 Å². The lowest BCUT2D eigenvalue weighted by Crippen LogP contribution is -2.05. The fourth-order valence-corrected chi connectivity index (χ4v) is 2.63. The first-order valence-corrected chi connectivity index (χ1v) is 6.74. The van der Waals surface area contributed by atoms with Gasteiger partial charge in [-0.25, -0.2) is 9.97 Å². The van der Waals surface area contributed by atoms with Gasteiger partial charge in [-0.05, 0) is 23.9 Å². The van der Waals surface area contributed by atoms with E-state index in [1.807, 2.05) is 36.4 Å². The van der Waals surface area contributed by atoms with Crippen molar-refractivity contribution in [1.29, 1.82) is 0 Å². The van der Waals surface area contributed by atoms with Gasteiger partial charge in [0.05, 0.1) is 22.6 Å². The Labute approximate surface area is 118 Å². The highest BCUT2D eigenvalue weighted by atomic mass is 32.2. The zero-order chi connectivity index (χ0) is 13.9. The number of para-hydroxylation sites is 1. The van der Waals surface area contributed by atoms with E-state index in [0.29, 0.717) is 5.03 Å².